The van der Waals surface area contributed by atoms with Gasteiger partial charge < -0.3 is 14.6 Å². The predicted octanol–water partition coefficient (Wildman–Crippen LogP) is 1.01. The minimum Gasteiger partial charge on any atom is -0.469 e. The first kappa shape index (κ1) is 9.64. The van der Waals surface area contributed by atoms with E-state index in [0.717, 1.165) is 5.82 Å². The molecule has 0 bridgehead atoms. The molecule has 0 aliphatic heterocycles. The number of methoxy groups -OCH3 is 1. The van der Waals surface area contributed by atoms with Crippen LogP contribution in [0.15, 0.2) is 18.3 Å². The first-order chi connectivity index (χ1) is 6.24. The standard InChI is InChI=1S/C9H14N2O2/c1-11(7-5-9(12)13-2)8-4-3-6-10-8/h3-4,6,10H,5,7H2,1-2H3. The number of aromatic nitrogens is 1. The Labute approximate surface area is 77.5 Å². The summed E-state index contributed by atoms with van der Waals surface area (Å²) in [6.07, 6.45) is 2.26. The van der Waals surface area contributed by atoms with Gasteiger partial charge in [0.25, 0.3) is 0 Å². The molecule has 4 nitrogen and oxygen atoms in total. The maximum atomic E-state index is 10.8. The molecule has 1 rings (SSSR count). The van der Waals surface area contributed by atoms with Crippen LogP contribution in [0.25, 0.3) is 0 Å². The van der Waals surface area contributed by atoms with Crippen molar-refractivity contribution in [3.63, 3.8) is 0 Å². The van der Waals surface area contributed by atoms with Crippen LogP contribution in [0.1, 0.15) is 6.42 Å². The molecule has 72 valence electrons. The van der Waals surface area contributed by atoms with Crippen molar-refractivity contribution in [2.24, 2.45) is 0 Å². The van der Waals surface area contributed by atoms with Gasteiger partial charge in [-0.2, -0.15) is 0 Å². The Hall–Kier alpha value is -1.45. The van der Waals surface area contributed by atoms with Gasteiger partial charge in [-0.05, 0) is 12.1 Å². The number of nitrogens with one attached hydrogen (secondary N) is 1. The fourth-order valence-corrected chi connectivity index (χ4v) is 1.04. The summed E-state index contributed by atoms with van der Waals surface area (Å²) in [7, 11) is 3.33. The number of aromatic amines is 1. The molecule has 0 saturated heterocycles. The zero-order valence-corrected chi connectivity index (χ0v) is 7.91. The summed E-state index contributed by atoms with van der Waals surface area (Å²) >= 11 is 0. The molecule has 0 aromatic carbocycles. The predicted molar refractivity (Wildman–Crippen MR) is 50.7 cm³/mol. The average molecular weight is 182 g/mol. The van der Waals surface area contributed by atoms with Gasteiger partial charge in [0.15, 0.2) is 0 Å². The molecular weight excluding hydrogens is 168 g/mol. The third-order valence-electron chi connectivity index (χ3n) is 1.87. The Balaban J connectivity index is 2.34. The number of carbonyl (C=O) groups excluding carboxylic acids is 1. The maximum Gasteiger partial charge on any atom is 0.307 e. The van der Waals surface area contributed by atoms with Crippen molar-refractivity contribution in [2.75, 3.05) is 25.6 Å². The molecule has 0 amide bonds. The molecule has 0 spiro atoms. The molecule has 0 aliphatic rings. The van der Waals surface area contributed by atoms with E-state index in [1.165, 1.54) is 7.11 Å². The molecule has 0 aliphatic carbocycles. The van der Waals surface area contributed by atoms with Gasteiger partial charge in [-0.25, -0.2) is 0 Å². The van der Waals surface area contributed by atoms with E-state index in [4.69, 9.17) is 0 Å². The van der Waals surface area contributed by atoms with Crippen molar-refractivity contribution in [3.05, 3.63) is 18.3 Å². The largest absolute Gasteiger partial charge is 0.469 e. The smallest absolute Gasteiger partial charge is 0.307 e. The summed E-state index contributed by atoms with van der Waals surface area (Å²) < 4.78 is 4.54. The molecule has 1 N–H and O–H groups in total. The highest BCUT2D eigenvalue weighted by Gasteiger charge is 2.04. The van der Waals surface area contributed by atoms with Crippen LogP contribution in [-0.4, -0.2) is 31.7 Å². The monoisotopic (exact) mass is 182 g/mol. The van der Waals surface area contributed by atoms with Crippen LogP contribution in [0, 0.1) is 0 Å². The van der Waals surface area contributed by atoms with Gasteiger partial charge in [-0.15, -0.1) is 0 Å². The van der Waals surface area contributed by atoms with Crippen LogP contribution in [0.2, 0.25) is 0 Å². The average Bonchev–Trinajstić information content (AvgIpc) is 2.66. The molecule has 1 heterocycles. The molecule has 0 saturated carbocycles. The highest BCUT2D eigenvalue weighted by Crippen LogP contribution is 2.07. The molecule has 4 heteroatoms. The number of ether oxygens (including phenoxy) is 1. The van der Waals surface area contributed by atoms with E-state index in [1.807, 2.05) is 30.3 Å². The van der Waals surface area contributed by atoms with Gasteiger partial charge in [0.1, 0.15) is 5.82 Å². The van der Waals surface area contributed by atoms with E-state index in [1.54, 1.807) is 0 Å². The number of rotatable bonds is 4. The number of esters is 1. The molecular formula is C9H14N2O2. The number of H-pyrrole nitrogens is 1. The second kappa shape index (κ2) is 4.54. The second-order valence-corrected chi connectivity index (χ2v) is 2.80. The Morgan fingerprint density at radius 1 is 1.69 bits per heavy atom. The maximum absolute atomic E-state index is 10.8. The van der Waals surface area contributed by atoms with Crippen molar-refractivity contribution in [1.82, 2.24) is 4.98 Å². The molecule has 1 aromatic rings. The molecule has 0 radical (unpaired) electrons. The SMILES string of the molecule is COC(=O)CCN(C)c1ccc[nH]1. The normalized spacial score (nSPS) is 9.69. The summed E-state index contributed by atoms with van der Waals surface area (Å²) in [6.45, 7) is 0.660. The van der Waals surface area contributed by atoms with Gasteiger partial charge in [-0.1, -0.05) is 0 Å². The van der Waals surface area contributed by atoms with Gasteiger partial charge in [0.2, 0.25) is 0 Å². The zero-order valence-electron chi connectivity index (χ0n) is 7.91. The molecule has 0 atom stereocenters. The lowest BCUT2D eigenvalue weighted by Gasteiger charge is -2.15. The van der Waals surface area contributed by atoms with Crippen LogP contribution in [0.4, 0.5) is 5.82 Å². The summed E-state index contributed by atoms with van der Waals surface area (Å²) in [6, 6.07) is 3.88. The summed E-state index contributed by atoms with van der Waals surface area (Å²) in [5.41, 5.74) is 0. The van der Waals surface area contributed by atoms with Crippen molar-refractivity contribution < 1.29 is 9.53 Å². The van der Waals surface area contributed by atoms with Gasteiger partial charge in [-0.3, -0.25) is 4.79 Å². The summed E-state index contributed by atoms with van der Waals surface area (Å²) in [5.74, 6) is 0.822. The number of anilines is 1. The number of hydrogen-bond acceptors (Lipinski definition) is 3. The topological polar surface area (TPSA) is 45.3 Å². The van der Waals surface area contributed by atoms with Gasteiger partial charge in [0, 0.05) is 19.8 Å². The van der Waals surface area contributed by atoms with Crippen molar-refractivity contribution >= 4 is 11.8 Å². The Kier molecular flexibility index (Phi) is 3.37. The third-order valence-corrected chi connectivity index (χ3v) is 1.87. The quantitative estimate of drug-likeness (QED) is 0.707. The first-order valence-corrected chi connectivity index (χ1v) is 4.15. The fraction of sp³-hybridized carbons (Fsp3) is 0.444. The highest BCUT2D eigenvalue weighted by atomic mass is 16.5. The minimum atomic E-state index is -0.182. The fourth-order valence-electron chi connectivity index (χ4n) is 1.04. The highest BCUT2D eigenvalue weighted by molar-refractivity contribution is 5.69. The van der Waals surface area contributed by atoms with Crippen LogP contribution >= 0.6 is 0 Å². The van der Waals surface area contributed by atoms with Crippen LogP contribution < -0.4 is 4.90 Å². The molecule has 0 unspecified atom stereocenters. The van der Waals surface area contributed by atoms with E-state index in [2.05, 4.69) is 9.72 Å². The van der Waals surface area contributed by atoms with E-state index in [0.29, 0.717) is 13.0 Å². The Morgan fingerprint density at radius 3 is 3.00 bits per heavy atom. The van der Waals surface area contributed by atoms with Crippen molar-refractivity contribution in [3.8, 4) is 0 Å². The third kappa shape index (κ3) is 2.82. The van der Waals surface area contributed by atoms with E-state index < -0.39 is 0 Å². The molecule has 0 fully saturated rings. The Bertz CT molecular complexity index is 257. The first-order valence-electron chi connectivity index (χ1n) is 4.15. The lowest BCUT2D eigenvalue weighted by Crippen LogP contribution is -2.21. The van der Waals surface area contributed by atoms with Crippen LogP contribution in [0.5, 0.6) is 0 Å². The minimum absolute atomic E-state index is 0.182. The van der Waals surface area contributed by atoms with Crippen molar-refractivity contribution in [1.29, 1.82) is 0 Å². The van der Waals surface area contributed by atoms with Gasteiger partial charge in [0.05, 0.1) is 13.5 Å². The van der Waals surface area contributed by atoms with Crippen LogP contribution in [0.3, 0.4) is 0 Å². The second-order valence-electron chi connectivity index (χ2n) is 2.80. The van der Waals surface area contributed by atoms with E-state index in [9.17, 15) is 4.79 Å². The summed E-state index contributed by atoms with van der Waals surface area (Å²) in [4.78, 5) is 15.8. The van der Waals surface area contributed by atoms with Crippen molar-refractivity contribution in [2.45, 2.75) is 6.42 Å². The zero-order chi connectivity index (χ0) is 9.68. The molecule has 13 heavy (non-hydrogen) atoms. The van der Waals surface area contributed by atoms with E-state index in [-0.39, 0.29) is 5.97 Å². The Morgan fingerprint density at radius 2 is 2.46 bits per heavy atom. The van der Waals surface area contributed by atoms with Crippen LogP contribution in [-0.2, 0) is 9.53 Å². The lowest BCUT2D eigenvalue weighted by molar-refractivity contribution is -0.140. The lowest BCUT2D eigenvalue weighted by atomic mass is 10.4. The van der Waals surface area contributed by atoms with Gasteiger partial charge >= 0.3 is 5.97 Å². The summed E-state index contributed by atoms with van der Waals surface area (Å²) in [5, 5.41) is 0. The molecule has 1 aromatic heterocycles. The number of carbonyl (C=O) groups is 1. The number of hydrogen-bond donors (Lipinski definition) is 1. The van der Waals surface area contributed by atoms with E-state index >= 15 is 0 Å². The number of nitrogens with zero attached hydrogens (tertiary/aromatic N) is 1.